The van der Waals surface area contributed by atoms with Gasteiger partial charge in [-0.15, -0.1) is 0 Å². The van der Waals surface area contributed by atoms with E-state index in [2.05, 4.69) is 5.32 Å². The highest BCUT2D eigenvalue weighted by Crippen LogP contribution is 2.17. The van der Waals surface area contributed by atoms with Crippen molar-refractivity contribution in [1.82, 2.24) is 5.32 Å². The van der Waals surface area contributed by atoms with Crippen LogP contribution in [-0.4, -0.2) is 18.0 Å². The molecule has 0 aliphatic heterocycles. The SMILES string of the molecule is CC(C)(C)OC(=O)N[C@H](CC=O)c1ccc(F)cc1. The fourth-order valence-corrected chi connectivity index (χ4v) is 1.52. The van der Waals surface area contributed by atoms with Crippen molar-refractivity contribution >= 4 is 12.4 Å². The zero-order valence-electron chi connectivity index (χ0n) is 11.3. The molecule has 0 radical (unpaired) electrons. The number of halogens is 1. The first kappa shape index (κ1) is 15.1. The van der Waals surface area contributed by atoms with Crippen molar-refractivity contribution in [2.45, 2.75) is 38.8 Å². The maximum absolute atomic E-state index is 12.8. The molecule has 0 aliphatic rings. The van der Waals surface area contributed by atoms with Gasteiger partial charge in [-0.1, -0.05) is 12.1 Å². The standard InChI is InChI=1S/C14H18FNO3/c1-14(2,3)19-13(18)16-12(8-9-17)10-4-6-11(15)7-5-10/h4-7,9,12H,8H2,1-3H3,(H,16,18)/t12-/m1/s1. The van der Waals surface area contributed by atoms with E-state index in [0.29, 0.717) is 11.8 Å². The number of alkyl carbamates (subject to hydrolysis) is 1. The maximum Gasteiger partial charge on any atom is 0.408 e. The lowest BCUT2D eigenvalue weighted by Crippen LogP contribution is -2.35. The Morgan fingerprint density at radius 3 is 2.42 bits per heavy atom. The van der Waals surface area contributed by atoms with Crippen molar-refractivity contribution in [1.29, 1.82) is 0 Å². The Labute approximate surface area is 112 Å². The molecule has 1 aromatic rings. The second-order valence-corrected chi connectivity index (χ2v) is 5.15. The third-order valence-electron chi connectivity index (χ3n) is 2.30. The molecule has 1 rings (SSSR count). The fraction of sp³-hybridized carbons (Fsp3) is 0.429. The number of benzene rings is 1. The molecule has 5 heteroatoms. The van der Waals surface area contributed by atoms with Gasteiger partial charge < -0.3 is 14.8 Å². The number of aldehydes is 1. The van der Waals surface area contributed by atoms with Crippen molar-refractivity contribution < 1.29 is 18.7 Å². The molecular weight excluding hydrogens is 249 g/mol. The molecule has 4 nitrogen and oxygen atoms in total. The van der Waals surface area contributed by atoms with E-state index in [-0.39, 0.29) is 12.2 Å². The van der Waals surface area contributed by atoms with Gasteiger partial charge in [0.25, 0.3) is 0 Å². The molecule has 0 saturated heterocycles. The van der Waals surface area contributed by atoms with Crippen molar-refractivity contribution in [3.8, 4) is 0 Å². The van der Waals surface area contributed by atoms with Gasteiger partial charge in [-0.2, -0.15) is 0 Å². The Morgan fingerprint density at radius 1 is 1.37 bits per heavy atom. The average Bonchev–Trinajstić information content (AvgIpc) is 2.27. The maximum atomic E-state index is 12.8. The van der Waals surface area contributed by atoms with E-state index >= 15 is 0 Å². The molecule has 19 heavy (non-hydrogen) atoms. The van der Waals surface area contributed by atoms with Crippen LogP contribution in [0.4, 0.5) is 9.18 Å². The van der Waals surface area contributed by atoms with Crippen LogP contribution < -0.4 is 5.32 Å². The van der Waals surface area contributed by atoms with Gasteiger partial charge in [0.15, 0.2) is 0 Å². The van der Waals surface area contributed by atoms with Crippen LogP contribution in [0.25, 0.3) is 0 Å². The molecule has 0 saturated carbocycles. The molecule has 1 N–H and O–H groups in total. The molecular formula is C14H18FNO3. The molecule has 0 aromatic heterocycles. The third-order valence-corrected chi connectivity index (χ3v) is 2.30. The first-order chi connectivity index (χ1) is 8.81. The highest BCUT2D eigenvalue weighted by molar-refractivity contribution is 5.69. The van der Waals surface area contributed by atoms with Crippen LogP contribution in [0.5, 0.6) is 0 Å². The van der Waals surface area contributed by atoms with E-state index in [1.165, 1.54) is 24.3 Å². The summed E-state index contributed by atoms with van der Waals surface area (Å²) in [6.45, 7) is 5.25. The highest BCUT2D eigenvalue weighted by atomic mass is 19.1. The fourth-order valence-electron chi connectivity index (χ4n) is 1.52. The third kappa shape index (κ3) is 5.50. The quantitative estimate of drug-likeness (QED) is 0.853. The molecule has 0 bridgehead atoms. The zero-order chi connectivity index (χ0) is 14.5. The summed E-state index contributed by atoms with van der Waals surface area (Å²) in [4.78, 5) is 22.3. The van der Waals surface area contributed by atoms with E-state index in [0.717, 1.165) is 0 Å². The van der Waals surface area contributed by atoms with Gasteiger partial charge in [0, 0.05) is 6.42 Å². The van der Waals surface area contributed by atoms with Gasteiger partial charge in [0.2, 0.25) is 0 Å². The molecule has 1 amide bonds. The van der Waals surface area contributed by atoms with E-state index in [1.54, 1.807) is 20.8 Å². The second-order valence-electron chi connectivity index (χ2n) is 5.15. The summed E-state index contributed by atoms with van der Waals surface area (Å²) in [5, 5.41) is 2.60. The van der Waals surface area contributed by atoms with Crippen LogP contribution in [0.2, 0.25) is 0 Å². The van der Waals surface area contributed by atoms with Gasteiger partial charge in [0.05, 0.1) is 6.04 Å². The summed E-state index contributed by atoms with van der Waals surface area (Å²) in [6.07, 6.45) is 0.194. The molecule has 1 aromatic carbocycles. The first-order valence-electron chi connectivity index (χ1n) is 6.00. The lowest BCUT2D eigenvalue weighted by Gasteiger charge is -2.23. The Balaban J connectivity index is 2.75. The van der Waals surface area contributed by atoms with Crippen LogP contribution in [0.1, 0.15) is 38.8 Å². The summed E-state index contributed by atoms with van der Waals surface area (Å²) < 4.78 is 18.0. The number of hydrogen-bond donors (Lipinski definition) is 1. The lowest BCUT2D eigenvalue weighted by molar-refractivity contribution is -0.108. The molecule has 0 spiro atoms. The molecule has 1 atom stereocenters. The predicted molar refractivity (Wildman–Crippen MR) is 69.2 cm³/mol. The Bertz CT molecular complexity index is 437. The minimum absolute atomic E-state index is 0.102. The first-order valence-corrected chi connectivity index (χ1v) is 6.00. The summed E-state index contributed by atoms with van der Waals surface area (Å²) in [5.41, 5.74) is 0.0397. The van der Waals surface area contributed by atoms with Crippen LogP contribution in [0.15, 0.2) is 24.3 Å². The molecule has 0 fully saturated rings. The van der Waals surface area contributed by atoms with Crippen LogP contribution in [0, 0.1) is 5.82 Å². The van der Waals surface area contributed by atoms with Crippen LogP contribution in [0.3, 0.4) is 0 Å². The molecule has 0 unspecified atom stereocenters. The van der Waals surface area contributed by atoms with E-state index in [1.807, 2.05) is 0 Å². The monoisotopic (exact) mass is 267 g/mol. The Hall–Kier alpha value is -1.91. The number of nitrogens with one attached hydrogen (secondary N) is 1. The number of hydrogen-bond acceptors (Lipinski definition) is 3. The van der Waals surface area contributed by atoms with E-state index in [9.17, 15) is 14.0 Å². The topological polar surface area (TPSA) is 55.4 Å². The number of rotatable bonds is 4. The lowest BCUT2D eigenvalue weighted by atomic mass is 10.0. The largest absolute Gasteiger partial charge is 0.444 e. The number of carbonyl (C=O) groups excluding carboxylic acids is 2. The van der Waals surface area contributed by atoms with Crippen molar-refractivity contribution in [3.05, 3.63) is 35.6 Å². The second kappa shape index (κ2) is 6.31. The van der Waals surface area contributed by atoms with Crippen LogP contribution >= 0.6 is 0 Å². The minimum atomic E-state index is -0.612. The van der Waals surface area contributed by atoms with Crippen molar-refractivity contribution in [3.63, 3.8) is 0 Å². The van der Waals surface area contributed by atoms with Gasteiger partial charge in [0.1, 0.15) is 17.7 Å². The van der Waals surface area contributed by atoms with E-state index < -0.39 is 17.7 Å². The van der Waals surface area contributed by atoms with Crippen molar-refractivity contribution in [2.75, 3.05) is 0 Å². The summed E-state index contributed by atoms with van der Waals surface area (Å²) in [7, 11) is 0. The summed E-state index contributed by atoms with van der Waals surface area (Å²) in [6, 6.07) is 5.10. The minimum Gasteiger partial charge on any atom is -0.444 e. The number of carbonyl (C=O) groups is 2. The van der Waals surface area contributed by atoms with E-state index in [4.69, 9.17) is 4.74 Å². The Morgan fingerprint density at radius 2 is 1.95 bits per heavy atom. The van der Waals surface area contributed by atoms with Gasteiger partial charge in [-0.25, -0.2) is 9.18 Å². The highest BCUT2D eigenvalue weighted by Gasteiger charge is 2.20. The van der Waals surface area contributed by atoms with Gasteiger partial charge in [-0.3, -0.25) is 0 Å². The average molecular weight is 267 g/mol. The van der Waals surface area contributed by atoms with Crippen molar-refractivity contribution in [2.24, 2.45) is 0 Å². The number of amides is 1. The smallest absolute Gasteiger partial charge is 0.408 e. The number of ether oxygens (including phenoxy) is 1. The summed E-state index contributed by atoms with van der Waals surface area (Å²) in [5.74, 6) is -0.370. The molecule has 0 aliphatic carbocycles. The van der Waals surface area contributed by atoms with Crippen LogP contribution in [-0.2, 0) is 9.53 Å². The predicted octanol–water partition coefficient (Wildman–Crippen LogP) is 2.98. The van der Waals surface area contributed by atoms with Gasteiger partial charge in [-0.05, 0) is 38.5 Å². The zero-order valence-corrected chi connectivity index (χ0v) is 11.3. The Kier molecular flexibility index (Phi) is 5.03. The summed E-state index contributed by atoms with van der Waals surface area (Å²) >= 11 is 0. The molecule has 104 valence electrons. The molecule has 0 heterocycles. The normalized spacial score (nSPS) is 12.6. The van der Waals surface area contributed by atoms with Gasteiger partial charge >= 0.3 is 6.09 Å².